The lowest BCUT2D eigenvalue weighted by Gasteiger charge is -2.39. The van der Waals surface area contributed by atoms with Crippen molar-refractivity contribution in [2.24, 2.45) is 0 Å². The standard InChI is InChI=1S/C12H20O11/c13-1-4-6(16)8(18)9(19)11(21-4)23-12(3-15)10(20)7(17)5(2-14)22-12/h4-8,10-11,13-18,20H,1-3H2/t4-,5-,6-,7-,8+,10+,11-,12+/m1/s1. The first-order chi connectivity index (χ1) is 10.8. The first-order valence-electron chi connectivity index (χ1n) is 6.91. The second-order valence-corrected chi connectivity index (χ2v) is 5.39. The molecule has 0 aliphatic carbocycles. The molecule has 0 aromatic carbocycles. The molecule has 0 saturated carbocycles. The minimum absolute atomic E-state index is 0.691. The van der Waals surface area contributed by atoms with Crippen LogP contribution in [0.4, 0.5) is 0 Å². The van der Waals surface area contributed by atoms with Crippen molar-refractivity contribution >= 4 is 5.78 Å². The SMILES string of the molecule is O=C1[C@@H](O[C@]2(CO)O[C@H](CO)[C@@H](O)[C@@H]2O)O[C@H](CO)[C@@H](O)[C@@H]1O. The molecule has 23 heavy (non-hydrogen) atoms. The number of ether oxygens (including phenoxy) is 3. The number of carbonyl (C=O) groups excluding carboxylic acids is 1. The van der Waals surface area contributed by atoms with E-state index >= 15 is 0 Å². The van der Waals surface area contributed by atoms with E-state index in [1.165, 1.54) is 0 Å². The summed E-state index contributed by atoms with van der Waals surface area (Å²) in [5.41, 5.74) is 0. The van der Waals surface area contributed by atoms with Gasteiger partial charge in [0.25, 0.3) is 0 Å². The summed E-state index contributed by atoms with van der Waals surface area (Å²) >= 11 is 0. The van der Waals surface area contributed by atoms with E-state index in [2.05, 4.69) is 0 Å². The largest absolute Gasteiger partial charge is 0.394 e. The summed E-state index contributed by atoms with van der Waals surface area (Å²) in [6, 6.07) is 0. The molecule has 0 radical (unpaired) electrons. The third kappa shape index (κ3) is 3.13. The molecule has 134 valence electrons. The normalized spacial score (nSPS) is 48.0. The van der Waals surface area contributed by atoms with E-state index in [4.69, 9.17) is 24.4 Å². The first kappa shape index (κ1) is 18.6. The van der Waals surface area contributed by atoms with Gasteiger partial charge in [-0.3, -0.25) is 4.79 Å². The lowest BCUT2D eigenvalue weighted by atomic mass is 10.00. The molecule has 0 amide bonds. The van der Waals surface area contributed by atoms with Crippen LogP contribution in [0.3, 0.4) is 0 Å². The summed E-state index contributed by atoms with van der Waals surface area (Å²) in [4.78, 5) is 11.9. The molecule has 2 fully saturated rings. The molecular weight excluding hydrogens is 320 g/mol. The van der Waals surface area contributed by atoms with Crippen LogP contribution in [0, 0.1) is 0 Å². The van der Waals surface area contributed by atoms with Gasteiger partial charge in [-0.05, 0) is 0 Å². The van der Waals surface area contributed by atoms with E-state index < -0.39 is 74.3 Å². The van der Waals surface area contributed by atoms with Crippen LogP contribution in [0.5, 0.6) is 0 Å². The number of aliphatic hydroxyl groups excluding tert-OH is 7. The predicted molar refractivity (Wildman–Crippen MR) is 67.6 cm³/mol. The van der Waals surface area contributed by atoms with Crippen molar-refractivity contribution in [2.75, 3.05) is 19.8 Å². The van der Waals surface area contributed by atoms with Crippen molar-refractivity contribution in [3.63, 3.8) is 0 Å². The van der Waals surface area contributed by atoms with Gasteiger partial charge in [-0.2, -0.15) is 0 Å². The van der Waals surface area contributed by atoms with E-state index in [0.29, 0.717) is 0 Å². The zero-order valence-corrected chi connectivity index (χ0v) is 11.9. The molecular formula is C12H20O11. The fourth-order valence-electron chi connectivity index (χ4n) is 2.51. The van der Waals surface area contributed by atoms with Gasteiger partial charge in [0, 0.05) is 0 Å². The highest BCUT2D eigenvalue weighted by atomic mass is 16.8. The number of ketones is 1. The number of rotatable bonds is 5. The second kappa shape index (κ2) is 7.03. The Hall–Kier alpha value is -0.730. The van der Waals surface area contributed by atoms with Crippen molar-refractivity contribution in [2.45, 2.75) is 48.7 Å². The summed E-state index contributed by atoms with van der Waals surface area (Å²) < 4.78 is 15.2. The van der Waals surface area contributed by atoms with Gasteiger partial charge >= 0.3 is 0 Å². The van der Waals surface area contributed by atoms with Crippen LogP contribution >= 0.6 is 0 Å². The van der Waals surface area contributed by atoms with Crippen molar-refractivity contribution < 1.29 is 54.8 Å². The van der Waals surface area contributed by atoms with Gasteiger partial charge in [0.15, 0.2) is 0 Å². The molecule has 2 rings (SSSR count). The molecule has 0 bridgehead atoms. The van der Waals surface area contributed by atoms with Crippen LogP contribution in [0.15, 0.2) is 0 Å². The Morgan fingerprint density at radius 1 is 1.00 bits per heavy atom. The van der Waals surface area contributed by atoms with Gasteiger partial charge < -0.3 is 50.0 Å². The molecule has 2 heterocycles. The maximum atomic E-state index is 11.9. The van der Waals surface area contributed by atoms with Crippen LogP contribution in [0.1, 0.15) is 0 Å². The van der Waals surface area contributed by atoms with Gasteiger partial charge in [-0.15, -0.1) is 0 Å². The predicted octanol–water partition coefficient (Wildman–Crippen LogP) is -5.19. The zero-order chi connectivity index (χ0) is 17.4. The van der Waals surface area contributed by atoms with Gasteiger partial charge in [0.05, 0.1) is 13.2 Å². The first-order valence-corrected chi connectivity index (χ1v) is 6.91. The van der Waals surface area contributed by atoms with Crippen molar-refractivity contribution in [3.05, 3.63) is 0 Å². The highest BCUT2D eigenvalue weighted by molar-refractivity contribution is 5.87. The van der Waals surface area contributed by atoms with E-state index in [-0.39, 0.29) is 0 Å². The van der Waals surface area contributed by atoms with Crippen molar-refractivity contribution in [1.29, 1.82) is 0 Å². The summed E-state index contributed by atoms with van der Waals surface area (Å²) in [7, 11) is 0. The highest BCUT2D eigenvalue weighted by Crippen LogP contribution is 2.35. The fourth-order valence-corrected chi connectivity index (χ4v) is 2.51. The molecule has 8 atom stereocenters. The Labute approximate surface area is 130 Å². The average Bonchev–Trinajstić information content (AvgIpc) is 2.80. The average molecular weight is 340 g/mol. The number of carbonyl (C=O) groups is 1. The van der Waals surface area contributed by atoms with Crippen LogP contribution in [-0.4, -0.2) is 110 Å². The monoisotopic (exact) mass is 340 g/mol. The quantitative estimate of drug-likeness (QED) is 0.253. The Morgan fingerprint density at radius 3 is 2.09 bits per heavy atom. The summed E-state index contributed by atoms with van der Waals surface area (Å²) in [6.45, 7) is -2.43. The summed E-state index contributed by atoms with van der Waals surface area (Å²) in [6.07, 6.45) is -11.5. The third-order valence-corrected chi connectivity index (χ3v) is 3.92. The lowest BCUT2D eigenvalue weighted by molar-refractivity contribution is -0.344. The topological polar surface area (TPSA) is 186 Å². The molecule has 0 spiro atoms. The number of Topliss-reactive ketones (excluding diaryl/α,β-unsaturated/α-hetero) is 1. The lowest BCUT2D eigenvalue weighted by Crippen LogP contribution is -2.61. The number of hydrogen-bond donors (Lipinski definition) is 7. The van der Waals surface area contributed by atoms with Gasteiger partial charge in [-0.25, -0.2) is 0 Å². The molecule has 2 aliphatic heterocycles. The van der Waals surface area contributed by atoms with Crippen LogP contribution in [-0.2, 0) is 19.0 Å². The Kier molecular flexibility index (Phi) is 5.68. The Balaban J connectivity index is 2.20. The smallest absolute Gasteiger partial charge is 0.224 e. The van der Waals surface area contributed by atoms with Gasteiger partial charge in [0.1, 0.15) is 43.2 Å². The van der Waals surface area contributed by atoms with Crippen molar-refractivity contribution in [1.82, 2.24) is 0 Å². The van der Waals surface area contributed by atoms with Crippen LogP contribution in [0.2, 0.25) is 0 Å². The maximum Gasteiger partial charge on any atom is 0.224 e. The van der Waals surface area contributed by atoms with E-state index in [1.807, 2.05) is 0 Å². The molecule has 0 aromatic heterocycles. The van der Waals surface area contributed by atoms with Crippen LogP contribution in [0.25, 0.3) is 0 Å². The van der Waals surface area contributed by atoms with Gasteiger partial charge in [0.2, 0.25) is 17.9 Å². The molecule has 0 aromatic rings. The second-order valence-electron chi connectivity index (χ2n) is 5.39. The minimum Gasteiger partial charge on any atom is -0.394 e. The van der Waals surface area contributed by atoms with E-state index in [1.54, 1.807) is 0 Å². The van der Waals surface area contributed by atoms with Gasteiger partial charge in [-0.1, -0.05) is 0 Å². The molecule has 11 heteroatoms. The molecule has 11 nitrogen and oxygen atoms in total. The minimum atomic E-state index is -2.28. The fraction of sp³-hybridized carbons (Fsp3) is 0.917. The van der Waals surface area contributed by atoms with E-state index in [0.717, 1.165) is 0 Å². The molecule has 7 N–H and O–H groups in total. The Bertz CT molecular complexity index is 431. The van der Waals surface area contributed by atoms with E-state index in [9.17, 15) is 30.3 Å². The molecule has 2 saturated heterocycles. The summed E-state index contributed by atoms with van der Waals surface area (Å²) in [5, 5.41) is 66.5. The van der Waals surface area contributed by atoms with Crippen LogP contribution < -0.4 is 0 Å². The molecule has 2 aliphatic rings. The maximum absolute atomic E-state index is 11.9. The third-order valence-electron chi connectivity index (χ3n) is 3.92. The number of hydrogen-bond acceptors (Lipinski definition) is 11. The Morgan fingerprint density at radius 2 is 1.61 bits per heavy atom. The zero-order valence-electron chi connectivity index (χ0n) is 11.9. The number of aliphatic hydroxyl groups is 7. The highest BCUT2D eigenvalue weighted by Gasteiger charge is 2.58. The van der Waals surface area contributed by atoms with Crippen molar-refractivity contribution in [3.8, 4) is 0 Å². The molecule has 0 unspecified atom stereocenters. The summed E-state index contributed by atoms with van der Waals surface area (Å²) in [5.74, 6) is -3.40.